The summed E-state index contributed by atoms with van der Waals surface area (Å²) in [5.41, 5.74) is 15.3. The van der Waals surface area contributed by atoms with E-state index in [4.69, 9.17) is 20.9 Å². The zero-order chi connectivity index (χ0) is 46.1. The molecule has 6 atom stereocenters. The van der Waals surface area contributed by atoms with Gasteiger partial charge in [0.2, 0.25) is 23.6 Å². The van der Waals surface area contributed by atoms with Crippen LogP contribution in [0.25, 0.3) is 0 Å². The summed E-state index contributed by atoms with van der Waals surface area (Å²) >= 11 is 0. The van der Waals surface area contributed by atoms with Gasteiger partial charge < -0.3 is 46.3 Å². The molecule has 4 fully saturated rings. The predicted molar refractivity (Wildman–Crippen MR) is 240 cm³/mol. The Morgan fingerprint density at radius 2 is 0.953 bits per heavy atom. The molecule has 7 rings (SSSR count). The van der Waals surface area contributed by atoms with E-state index in [2.05, 4.69) is 39.8 Å². The molecule has 3 aromatic carbocycles. The molecule has 1 aliphatic carbocycles. The van der Waals surface area contributed by atoms with Crippen LogP contribution in [-0.2, 0) is 39.7 Å². The van der Waals surface area contributed by atoms with Gasteiger partial charge in [-0.25, -0.2) is 9.59 Å². The van der Waals surface area contributed by atoms with Crippen molar-refractivity contribution in [3.8, 4) is 0 Å². The molecule has 0 spiro atoms. The van der Waals surface area contributed by atoms with E-state index in [0.717, 1.165) is 29.7 Å². The summed E-state index contributed by atoms with van der Waals surface area (Å²) in [6.45, 7) is 7.91. The average molecular weight is 878 g/mol. The van der Waals surface area contributed by atoms with E-state index in [0.29, 0.717) is 55.8 Å². The van der Waals surface area contributed by atoms with Crippen LogP contribution in [0.1, 0.15) is 125 Å². The molecular formula is C49H63N7O8. The number of rotatable bonds is 14. The summed E-state index contributed by atoms with van der Waals surface area (Å²) in [4.78, 5) is 85.3. The number of amides is 6. The molecule has 6 amide bonds. The summed E-state index contributed by atoms with van der Waals surface area (Å²) in [5, 5.41) is 5.30. The summed E-state index contributed by atoms with van der Waals surface area (Å²) in [7, 11) is 2.48. The van der Waals surface area contributed by atoms with Crippen molar-refractivity contribution in [3.63, 3.8) is 0 Å². The van der Waals surface area contributed by atoms with Crippen molar-refractivity contribution in [2.45, 2.75) is 120 Å². The van der Waals surface area contributed by atoms with Gasteiger partial charge in [-0.05, 0) is 109 Å². The Bertz CT molecular complexity index is 2100. The van der Waals surface area contributed by atoms with Crippen LogP contribution in [0.15, 0.2) is 72.8 Å². The number of ether oxygens (including phenoxy) is 2. The van der Waals surface area contributed by atoms with Crippen molar-refractivity contribution in [3.05, 3.63) is 101 Å². The van der Waals surface area contributed by atoms with Gasteiger partial charge in [-0.1, -0.05) is 88.4 Å². The number of likely N-dealkylation sites (tertiary alicyclic amines) is 2. The van der Waals surface area contributed by atoms with E-state index in [-0.39, 0.29) is 23.9 Å². The van der Waals surface area contributed by atoms with Gasteiger partial charge in [0.15, 0.2) is 0 Å². The molecule has 0 unspecified atom stereocenters. The van der Waals surface area contributed by atoms with Crippen molar-refractivity contribution in [1.82, 2.24) is 20.4 Å². The highest BCUT2D eigenvalue weighted by Crippen LogP contribution is 2.50. The summed E-state index contributed by atoms with van der Waals surface area (Å²) in [5.74, 6) is -2.00. The predicted octanol–water partition coefficient (Wildman–Crippen LogP) is 6.01. The minimum absolute atomic E-state index is 0.0545. The fourth-order valence-electron chi connectivity index (χ4n) is 10.5. The molecule has 15 heteroatoms. The lowest BCUT2D eigenvalue weighted by atomic mass is 9.84. The van der Waals surface area contributed by atoms with Crippen molar-refractivity contribution in [1.29, 1.82) is 0 Å². The summed E-state index contributed by atoms with van der Waals surface area (Å²) in [6.07, 6.45) is 4.38. The highest BCUT2D eigenvalue weighted by atomic mass is 16.5. The van der Waals surface area contributed by atoms with E-state index >= 15 is 0 Å². The molecule has 0 radical (unpaired) electrons. The Hall–Kier alpha value is -6.12. The number of hydrogen-bond donors (Lipinski definition) is 4. The largest absolute Gasteiger partial charge is 0.453 e. The number of primary amides is 2. The van der Waals surface area contributed by atoms with E-state index < -0.39 is 59.0 Å². The van der Waals surface area contributed by atoms with Gasteiger partial charge in [0.25, 0.3) is 0 Å². The van der Waals surface area contributed by atoms with E-state index in [1.807, 2.05) is 76.2 Å². The lowest BCUT2D eigenvalue weighted by molar-refractivity contribution is -0.146. The van der Waals surface area contributed by atoms with Gasteiger partial charge in [-0.2, -0.15) is 0 Å². The maximum absolute atomic E-state index is 14.1. The normalized spacial score (nSPS) is 24.1. The van der Waals surface area contributed by atoms with E-state index in [9.17, 15) is 28.8 Å². The van der Waals surface area contributed by atoms with Crippen LogP contribution < -0.4 is 27.0 Å². The molecule has 15 nitrogen and oxygen atoms in total. The molecule has 3 aliphatic heterocycles. The number of carbonyl (C=O) groups is 6. The second-order valence-corrected chi connectivity index (χ2v) is 18.5. The fraction of sp³-hybridized carbons (Fsp3) is 0.510. The van der Waals surface area contributed by atoms with Crippen LogP contribution in [0.4, 0.5) is 15.3 Å². The second kappa shape index (κ2) is 18.5. The van der Waals surface area contributed by atoms with Gasteiger partial charge in [0.05, 0.1) is 26.3 Å². The fourth-order valence-corrected chi connectivity index (χ4v) is 10.5. The maximum atomic E-state index is 14.1. The highest BCUT2D eigenvalue weighted by molar-refractivity contribution is 5.96. The Kier molecular flexibility index (Phi) is 13.3. The van der Waals surface area contributed by atoms with Crippen LogP contribution in [0.5, 0.6) is 0 Å². The molecule has 3 saturated heterocycles. The maximum Gasteiger partial charge on any atom is 0.407 e. The Labute approximate surface area is 375 Å². The average Bonchev–Trinajstić information content (AvgIpc) is 3.65. The number of nitrogens with two attached hydrogens (primary N) is 2. The summed E-state index contributed by atoms with van der Waals surface area (Å²) in [6, 6.07) is 22.6. The third kappa shape index (κ3) is 8.36. The molecule has 6 N–H and O–H groups in total. The number of alkyl carbamates (subject to hydrolysis) is 2. The molecule has 3 aromatic rings. The van der Waals surface area contributed by atoms with Crippen LogP contribution in [-0.4, -0.2) is 85.0 Å². The van der Waals surface area contributed by atoms with Crippen molar-refractivity contribution < 1.29 is 38.2 Å². The zero-order valence-electron chi connectivity index (χ0n) is 37.8. The number of carbonyl (C=O) groups excluding carboxylic acids is 6. The topological polar surface area (TPSA) is 207 Å². The minimum Gasteiger partial charge on any atom is -0.453 e. The minimum atomic E-state index is -1.39. The van der Waals surface area contributed by atoms with Gasteiger partial charge in [-0.3, -0.25) is 19.2 Å². The highest BCUT2D eigenvalue weighted by Gasteiger charge is 2.53. The van der Waals surface area contributed by atoms with Crippen LogP contribution >= 0.6 is 0 Å². The first-order chi connectivity index (χ1) is 30.6. The quantitative estimate of drug-likeness (QED) is 0.149. The van der Waals surface area contributed by atoms with Crippen molar-refractivity contribution >= 4 is 41.5 Å². The lowest BCUT2D eigenvalue weighted by Gasteiger charge is -2.39. The molecule has 1 saturated carbocycles. The smallest absolute Gasteiger partial charge is 0.407 e. The molecule has 3 heterocycles. The second-order valence-electron chi connectivity index (χ2n) is 18.5. The molecule has 0 aromatic heterocycles. The third-order valence-corrected chi connectivity index (χ3v) is 14.1. The van der Waals surface area contributed by atoms with Gasteiger partial charge in [-0.15, -0.1) is 0 Å². The van der Waals surface area contributed by atoms with Crippen LogP contribution in [0.3, 0.4) is 0 Å². The summed E-state index contributed by atoms with van der Waals surface area (Å²) < 4.78 is 9.60. The number of methoxy groups -OCH3 is 2. The third-order valence-electron chi connectivity index (χ3n) is 14.1. The SMILES string of the molecule is COC(=O)N[C@H](C(=O)N1CCC[C@@]1(C(N)=O)c1ccc([C@H]2CC[C@H](c3ccc([C@]4(C(N)=O)CCCN4C(=O)[C@@H](NC(=O)OC)C(C)C)cc3)N2c2ccc(C3CC3)cc2)cc1)C(C)C. The van der Waals surface area contributed by atoms with Crippen LogP contribution in [0, 0.1) is 11.8 Å². The molecule has 0 bridgehead atoms. The molecule has 4 aliphatic rings. The van der Waals surface area contributed by atoms with Gasteiger partial charge >= 0.3 is 12.2 Å². The lowest BCUT2D eigenvalue weighted by Crippen LogP contribution is -2.59. The number of benzene rings is 3. The van der Waals surface area contributed by atoms with Gasteiger partial charge in [0.1, 0.15) is 23.2 Å². The van der Waals surface area contributed by atoms with Crippen LogP contribution in [0.2, 0.25) is 0 Å². The van der Waals surface area contributed by atoms with Crippen molar-refractivity contribution in [2.75, 3.05) is 32.2 Å². The number of hydrogen-bond acceptors (Lipinski definition) is 9. The first-order valence-electron chi connectivity index (χ1n) is 22.6. The Morgan fingerprint density at radius 1 is 0.578 bits per heavy atom. The number of nitrogens with one attached hydrogen (secondary N) is 2. The zero-order valence-corrected chi connectivity index (χ0v) is 37.8. The van der Waals surface area contributed by atoms with E-state index in [1.165, 1.54) is 42.4 Å². The Balaban J connectivity index is 1.20. The standard InChI is InChI=1S/C49H63N7O8/c1-29(2)40(52-46(61)63-5)42(57)54-27-7-25-48(54,44(50)59)35-17-11-33(12-18-35)38-23-24-39(56(38)37-21-15-32(16-22-37)31-9-10-31)34-13-19-36(20-14-34)49(45(51)60)26-8-28-55(49)43(58)41(30(3)4)53-47(62)64-6/h11-22,29-31,38-41H,7-10,23-28H2,1-6H3,(H2,50,59)(H2,51,60)(H,52,61)(H,53,62)/t38-,39-,40+,41+,48+,49+/m1/s1. The number of anilines is 1. The number of nitrogens with zero attached hydrogens (tertiary/aromatic N) is 3. The van der Waals surface area contributed by atoms with Crippen molar-refractivity contribution in [2.24, 2.45) is 23.3 Å². The Morgan fingerprint density at radius 3 is 1.28 bits per heavy atom. The van der Waals surface area contributed by atoms with E-state index in [1.54, 1.807) is 0 Å². The molecule has 342 valence electrons. The van der Waals surface area contributed by atoms with Gasteiger partial charge in [0, 0.05) is 18.8 Å². The first-order valence-corrected chi connectivity index (χ1v) is 22.6. The molecular weight excluding hydrogens is 815 g/mol. The molecule has 64 heavy (non-hydrogen) atoms. The first kappa shape index (κ1) is 45.9. The monoisotopic (exact) mass is 877 g/mol.